The maximum atomic E-state index is 11.5. The van der Waals surface area contributed by atoms with Gasteiger partial charge in [0.1, 0.15) is 0 Å². The molecule has 0 N–H and O–H groups in total. The zero-order valence-electron chi connectivity index (χ0n) is 11.6. The van der Waals surface area contributed by atoms with E-state index in [-0.39, 0.29) is 11.8 Å². The van der Waals surface area contributed by atoms with Crippen molar-refractivity contribution in [3.8, 4) is 0 Å². The summed E-state index contributed by atoms with van der Waals surface area (Å²) in [6, 6.07) is 6.91. The lowest BCUT2D eigenvalue weighted by Gasteiger charge is -2.08. The van der Waals surface area contributed by atoms with E-state index in [4.69, 9.17) is 0 Å². The first-order chi connectivity index (χ1) is 9.56. The molecule has 0 aliphatic carbocycles. The van der Waals surface area contributed by atoms with E-state index >= 15 is 0 Å². The van der Waals surface area contributed by atoms with Gasteiger partial charge in [-0.3, -0.25) is 14.5 Å². The van der Waals surface area contributed by atoms with Gasteiger partial charge in [0, 0.05) is 6.54 Å². The fourth-order valence-corrected chi connectivity index (χ4v) is 5.85. The maximum absolute atomic E-state index is 11.5. The number of amides is 2. The molecule has 1 aromatic rings. The lowest BCUT2D eigenvalue weighted by Crippen LogP contribution is -2.29. The van der Waals surface area contributed by atoms with Crippen molar-refractivity contribution in [3.63, 3.8) is 0 Å². The summed E-state index contributed by atoms with van der Waals surface area (Å²) in [5, 5.41) is 0. The Bertz CT molecular complexity index is 546. The van der Waals surface area contributed by atoms with E-state index < -0.39 is 0 Å². The summed E-state index contributed by atoms with van der Waals surface area (Å²) in [7, 11) is 0.898. The van der Waals surface area contributed by atoms with E-state index in [1.807, 2.05) is 0 Å². The number of carbonyl (C=O) groups excluding carboxylic acids is 2. The lowest BCUT2D eigenvalue weighted by atomic mass is 10.1. The fourth-order valence-electron chi connectivity index (χ4n) is 2.14. The monoisotopic (exact) mass is 309 g/mol. The number of fused-ring (bicyclic) bond motifs is 1. The van der Waals surface area contributed by atoms with Crippen molar-refractivity contribution >= 4 is 42.6 Å². The van der Waals surface area contributed by atoms with Gasteiger partial charge < -0.3 is 0 Å². The first kappa shape index (κ1) is 15.2. The van der Waals surface area contributed by atoms with Crippen molar-refractivity contribution in [2.24, 2.45) is 0 Å². The van der Waals surface area contributed by atoms with E-state index in [1.54, 1.807) is 31.2 Å². The normalized spacial score (nSPS) is 24.4. The maximum Gasteiger partial charge on any atom is 0.261 e. The summed E-state index contributed by atoms with van der Waals surface area (Å²) in [5.74, 6) is 10.3. The number of nitrogens with zero attached hydrogens (tertiary/aromatic N) is 1. The van der Waals surface area contributed by atoms with Crippen LogP contribution in [0.25, 0.3) is 0 Å². The van der Waals surface area contributed by atoms with Gasteiger partial charge in [-0.25, -0.2) is 0 Å². The van der Waals surface area contributed by atoms with Gasteiger partial charge in [0.25, 0.3) is 11.8 Å². The second kappa shape index (κ2) is 6.50. The topological polar surface area (TPSA) is 37.4 Å². The van der Waals surface area contributed by atoms with Crippen LogP contribution in [0.5, 0.6) is 0 Å². The predicted octanol–water partition coefficient (Wildman–Crippen LogP) is 3.01. The predicted molar refractivity (Wildman–Crippen MR) is 91.3 cm³/mol. The summed E-state index contributed by atoms with van der Waals surface area (Å²) >= 11 is 0. The first-order valence-electron chi connectivity index (χ1n) is 6.53. The summed E-state index contributed by atoms with van der Waals surface area (Å²) in [6.07, 6.45) is 1.37. The van der Waals surface area contributed by atoms with E-state index in [1.165, 1.54) is 22.8 Å². The van der Waals surface area contributed by atoms with Crippen molar-refractivity contribution in [1.29, 1.82) is 0 Å². The van der Waals surface area contributed by atoms with Crippen LogP contribution >= 0.6 is 19.0 Å². The Morgan fingerprint density at radius 1 is 1.05 bits per heavy atom. The van der Waals surface area contributed by atoms with E-state index in [2.05, 4.69) is 11.7 Å². The summed E-state index contributed by atoms with van der Waals surface area (Å²) in [6.45, 7) is 2.23. The molecule has 0 radical (unpaired) electrons. The molecule has 1 saturated heterocycles. The van der Waals surface area contributed by atoms with E-state index in [9.17, 15) is 9.59 Å². The zero-order chi connectivity index (χ0) is 14.7. The minimum Gasteiger partial charge on any atom is -0.275 e. The molecule has 1 aromatic carbocycles. The summed E-state index contributed by atoms with van der Waals surface area (Å²) in [4.78, 5) is 24.3. The quantitative estimate of drug-likeness (QED) is 0.454. The molecule has 0 bridgehead atoms. The molecule has 3 nitrogen and oxygen atoms in total. The third kappa shape index (κ3) is 2.94. The largest absolute Gasteiger partial charge is 0.275 e. The molecule has 0 saturated carbocycles. The van der Waals surface area contributed by atoms with Crippen LogP contribution in [0, 0.1) is 0 Å². The van der Waals surface area contributed by atoms with Crippen LogP contribution in [0.15, 0.2) is 24.3 Å². The minimum atomic E-state index is -0.178. The average molecular weight is 309 g/mol. The SMILES string of the molecule is C=S1CCCS1=C.CCN1C(=O)c2ccccc2C1=O. The average Bonchev–Trinajstić information content (AvgIpc) is 2.94. The van der Waals surface area contributed by atoms with Crippen LogP contribution < -0.4 is 0 Å². The zero-order valence-corrected chi connectivity index (χ0v) is 13.3. The second-order valence-electron chi connectivity index (χ2n) is 4.54. The van der Waals surface area contributed by atoms with Crippen LogP contribution in [0.4, 0.5) is 0 Å². The van der Waals surface area contributed by atoms with Gasteiger partial charge in [-0.1, -0.05) is 23.9 Å². The van der Waals surface area contributed by atoms with Crippen molar-refractivity contribution in [3.05, 3.63) is 35.4 Å². The highest BCUT2D eigenvalue weighted by Crippen LogP contribution is 2.41. The second-order valence-corrected chi connectivity index (χ2v) is 9.95. The van der Waals surface area contributed by atoms with Crippen LogP contribution in [0.2, 0.25) is 0 Å². The molecule has 20 heavy (non-hydrogen) atoms. The molecule has 2 aliphatic heterocycles. The number of benzene rings is 1. The van der Waals surface area contributed by atoms with Crippen molar-refractivity contribution in [2.75, 3.05) is 18.1 Å². The van der Waals surface area contributed by atoms with Gasteiger partial charge in [-0.2, -0.15) is 0 Å². The number of imide groups is 1. The van der Waals surface area contributed by atoms with Gasteiger partial charge in [-0.15, -0.1) is 19.0 Å². The van der Waals surface area contributed by atoms with Gasteiger partial charge in [0.15, 0.2) is 0 Å². The Balaban J connectivity index is 0.000000178. The number of carbonyl (C=O) groups is 2. The van der Waals surface area contributed by atoms with Crippen LogP contribution in [-0.4, -0.2) is 46.5 Å². The molecule has 0 spiro atoms. The van der Waals surface area contributed by atoms with E-state index in [0.29, 0.717) is 36.7 Å². The molecular weight excluding hydrogens is 290 g/mol. The molecule has 2 heterocycles. The Morgan fingerprint density at radius 3 is 1.80 bits per heavy atom. The van der Waals surface area contributed by atoms with Crippen molar-refractivity contribution in [2.45, 2.75) is 13.3 Å². The fraction of sp³-hybridized carbons (Fsp3) is 0.333. The Labute approximate surface area is 124 Å². The molecule has 0 aromatic heterocycles. The molecule has 5 heteroatoms. The van der Waals surface area contributed by atoms with Gasteiger partial charge in [0.2, 0.25) is 0 Å². The molecule has 3 rings (SSSR count). The standard InChI is InChI=1S/C10H9NO2.C5H10S2/c1-2-11-9(12)7-5-3-4-6-8(7)10(11)13;1-6-4-3-5-7(6)2/h3-6H,2H2,1H3;1-5H2. The van der Waals surface area contributed by atoms with E-state index in [0.717, 1.165) is 0 Å². The molecule has 2 unspecified atom stereocenters. The van der Waals surface area contributed by atoms with Gasteiger partial charge in [0.05, 0.1) is 11.1 Å². The number of hydrogen-bond acceptors (Lipinski definition) is 2. The summed E-state index contributed by atoms with van der Waals surface area (Å²) in [5.41, 5.74) is 1.05. The molecule has 2 amide bonds. The molecule has 108 valence electrons. The molecule has 2 aliphatic rings. The summed E-state index contributed by atoms with van der Waals surface area (Å²) < 4.78 is 0. The number of hydrogen-bond donors (Lipinski definition) is 0. The van der Waals surface area contributed by atoms with Gasteiger partial charge in [-0.05, 0) is 37.0 Å². The lowest BCUT2D eigenvalue weighted by molar-refractivity contribution is 0.0663. The Kier molecular flexibility index (Phi) is 4.94. The van der Waals surface area contributed by atoms with Crippen LogP contribution in [-0.2, 0) is 0 Å². The first-order valence-corrected chi connectivity index (χ1v) is 10.2. The Morgan fingerprint density at radius 2 is 1.50 bits per heavy atom. The highest BCUT2D eigenvalue weighted by molar-refractivity contribution is 8.89. The smallest absolute Gasteiger partial charge is 0.261 e. The van der Waals surface area contributed by atoms with Crippen molar-refractivity contribution < 1.29 is 9.59 Å². The minimum absolute atomic E-state index is 0.178. The van der Waals surface area contributed by atoms with Crippen LogP contribution in [0.3, 0.4) is 0 Å². The van der Waals surface area contributed by atoms with Crippen LogP contribution in [0.1, 0.15) is 34.1 Å². The highest BCUT2D eigenvalue weighted by atomic mass is 33.1. The third-order valence-electron chi connectivity index (χ3n) is 3.27. The van der Waals surface area contributed by atoms with Gasteiger partial charge >= 0.3 is 0 Å². The molecule has 2 atom stereocenters. The Hall–Kier alpha value is -1.20. The third-order valence-corrected chi connectivity index (χ3v) is 8.43. The highest BCUT2D eigenvalue weighted by Gasteiger charge is 2.33. The van der Waals surface area contributed by atoms with Crippen molar-refractivity contribution in [1.82, 2.24) is 4.90 Å². The number of rotatable bonds is 1. The molecular formula is C15H19NO2S2. The molecule has 1 fully saturated rings.